The average Bonchev–Trinajstić information content (AvgIpc) is 2.84. The van der Waals surface area contributed by atoms with Crippen molar-refractivity contribution in [3.05, 3.63) is 47.3 Å². The molecule has 0 atom stereocenters. The first-order valence-corrected chi connectivity index (χ1v) is 7.52. The van der Waals surface area contributed by atoms with Crippen molar-refractivity contribution in [1.82, 2.24) is 10.2 Å². The Morgan fingerprint density at radius 3 is 2.71 bits per heavy atom. The molecule has 0 aliphatic rings. The van der Waals surface area contributed by atoms with Crippen LogP contribution in [0.4, 0.5) is 13.2 Å². The molecule has 0 amide bonds. The highest BCUT2D eigenvalue weighted by atomic mass is 32.2. The van der Waals surface area contributed by atoms with Crippen LogP contribution in [0.1, 0.15) is 30.7 Å². The number of aromatic amines is 1. The molecule has 2 nitrogen and oxygen atoms in total. The van der Waals surface area contributed by atoms with Gasteiger partial charge >= 0.3 is 6.18 Å². The molecule has 6 heteroatoms. The molecule has 1 aromatic heterocycles. The molecule has 1 N–H and O–H groups in total. The first-order chi connectivity index (χ1) is 9.86. The Bertz CT molecular complexity index is 591. The highest BCUT2D eigenvalue weighted by molar-refractivity contribution is 7.99. The van der Waals surface area contributed by atoms with Gasteiger partial charge in [-0.3, -0.25) is 5.10 Å². The summed E-state index contributed by atoms with van der Waals surface area (Å²) in [6, 6.07) is 7.90. The van der Waals surface area contributed by atoms with Crippen LogP contribution in [0.3, 0.4) is 0 Å². The van der Waals surface area contributed by atoms with E-state index in [0.717, 1.165) is 10.5 Å². The van der Waals surface area contributed by atoms with E-state index in [2.05, 4.69) is 25.1 Å². The lowest BCUT2D eigenvalue weighted by atomic mass is 10.0. The molecule has 21 heavy (non-hydrogen) atoms. The summed E-state index contributed by atoms with van der Waals surface area (Å²) in [5.41, 5.74) is 0.308. The minimum Gasteiger partial charge on any atom is -0.273 e. The van der Waals surface area contributed by atoms with E-state index in [0.29, 0.717) is 11.7 Å². The third kappa shape index (κ3) is 4.52. The first-order valence-electron chi connectivity index (χ1n) is 6.64. The van der Waals surface area contributed by atoms with Crippen molar-refractivity contribution in [2.45, 2.75) is 43.0 Å². The number of thioether (sulfide) groups is 1. The predicted octanol–water partition coefficient (Wildman–Crippen LogP) is 4.51. The first kappa shape index (κ1) is 15.9. The van der Waals surface area contributed by atoms with Crippen LogP contribution < -0.4 is 0 Å². The van der Waals surface area contributed by atoms with Crippen LogP contribution in [0.25, 0.3) is 0 Å². The minimum absolute atomic E-state index is 0.0874. The van der Waals surface area contributed by atoms with Gasteiger partial charge in [-0.05, 0) is 30.5 Å². The third-order valence-electron chi connectivity index (χ3n) is 2.88. The van der Waals surface area contributed by atoms with Gasteiger partial charge in [-0.1, -0.05) is 26.0 Å². The summed E-state index contributed by atoms with van der Waals surface area (Å²) < 4.78 is 38.2. The number of aromatic nitrogens is 2. The van der Waals surface area contributed by atoms with Crippen LogP contribution in [-0.2, 0) is 19.0 Å². The standard InChI is InChI=1S/C15H16F3N2S/c1-10(2)21-13-5-3-4-11(8-13)6-7-12-9-19-20-14(12)15(16,17)18/h3-5,8,10H,6-7H2,1-2H3,(H,19,20). The smallest absolute Gasteiger partial charge is 0.273 e. The Morgan fingerprint density at radius 1 is 1.29 bits per heavy atom. The number of alkyl halides is 3. The molecule has 0 aliphatic heterocycles. The van der Waals surface area contributed by atoms with Gasteiger partial charge in [-0.15, -0.1) is 11.8 Å². The van der Waals surface area contributed by atoms with E-state index in [-0.39, 0.29) is 12.0 Å². The molecule has 0 bridgehead atoms. The van der Waals surface area contributed by atoms with E-state index in [1.165, 1.54) is 0 Å². The second-order valence-corrected chi connectivity index (χ2v) is 6.65. The number of aryl methyl sites for hydroxylation is 2. The van der Waals surface area contributed by atoms with Crippen LogP contribution >= 0.6 is 11.8 Å². The number of nitrogens with one attached hydrogen (secondary N) is 1. The quantitative estimate of drug-likeness (QED) is 0.823. The van der Waals surface area contributed by atoms with Crippen LogP contribution in [0.2, 0.25) is 0 Å². The van der Waals surface area contributed by atoms with Crippen molar-refractivity contribution in [2.75, 3.05) is 0 Å². The van der Waals surface area contributed by atoms with Gasteiger partial charge in [0.2, 0.25) is 0 Å². The third-order valence-corrected chi connectivity index (χ3v) is 3.88. The zero-order valence-corrected chi connectivity index (χ0v) is 12.6. The fraction of sp³-hybridized carbons (Fsp3) is 0.400. The zero-order chi connectivity index (χ0) is 15.5. The van der Waals surface area contributed by atoms with Crippen LogP contribution in [-0.4, -0.2) is 15.4 Å². The van der Waals surface area contributed by atoms with E-state index in [9.17, 15) is 13.2 Å². The van der Waals surface area contributed by atoms with Gasteiger partial charge in [0.1, 0.15) is 11.9 Å². The zero-order valence-electron chi connectivity index (χ0n) is 11.8. The molecular weight excluding hydrogens is 297 g/mol. The highest BCUT2D eigenvalue weighted by Gasteiger charge is 2.35. The summed E-state index contributed by atoms with van der Waals surface area (Å²) >= 11 is 1.74. The molecule has 1 radical (unpaired) electrons. The fourth-order valence-electron chi connectivity index (χ4n) is 2.01. The number of rotatable bonds is 5. The lowest BCUT2D eigenvalue weighted by molar-refractivity contribution is -0.141. The molecule has 0 fully saturated rings. The van der Waals surface area contributed by atoms with Crippen molar-refractivity contribution in [3.63, 3.8) is 0 Å². The van der Waals surface area contributed by atoms with Crippen molar-refractivity contribution >= 4 is 11.8 Å². The van der Waals surface area contributed by atoms with Crippen LogP contribution in [0, 0.1) is 6.20 Å². The van der Waals surface area contributed by atoms with Gasteiger partial charge in [-0.25, -0.2) is 0 Å². The van der Waals surface area contributed by atoms with Gasteiger partial charge in [0.05, 0.1) is 0 Å². The number of halogens is 3. The summed E-state index contributed by atoms with van der Waals surface area (Å²) in [5.74, 6) is 0. The lowest BCUT2D eigenvalue weighted by Gasteiger charge is -2.08. The molecule has 2 rings (SSSR count). The summed E-state index contributed by atoms with van der Waals surface area (Å²) in [6.07, 6.45) is -1.21. The predicted molar refractivity (Wildman–Crippen MR) is 77.3 cm³/mol. The van der Waals surface area contributed by atoms with E-state index >= 15 is 0 Å². The van der Waals surface area contributed by atoms with Gasteiger partial charge in [0.15, 0.2) is 0 Å². The SMILES string of the molecule is CC(C)Sc1cccc(CCc2[c]n[nH]c2C(F)(F)F)c1. The normalized spacial score (nSPS) is 12.1. The molecule has 0 saturated heterocycles. The van der Waals surface area contributed by atoms with Crippen LogP contribution in [0.5, 0.6) is 0 Å². The maximum absolute atomic E-state index is 12.7. The van der Waals surface area contributed by atoms with E-state index < -0.39 is 11.9 Å². The fourth-order valence-corrected chi connectivity index (χ4v) is 2.93. The molecule has 1 heterocycles. The van der Waals surface area contributed by atoms with Crippen LogP contribution in [0.15, 0.2) is 29.2 Å². The molecule has 0 saturated carbocycles. The molecule has 0 unspecified atom stereocenters. The van der Waals surface area contributed by atoms with Gasteiger partial charge in [0.25, 0.3) is 0 Å². The Labute approximate surface area is 126 Å². The maximum Gasteiger partial charge on any atom is 0.433 e. The summed E-state index contributed by atoms with van der Waals surface area (Å²) in [5, 5.41) is 5.84. The number of benzene rings is 1. The lowest BCUT2D eigenvalue weighted by Crippen LogP contribution is -2.09. The monoisotopic (exact) mass is 313 g/mol. The molecule has 2 aromatic rings. The van der Waals surface area contributed by atoms with Gasteiger partial charge < -0.3 is 0 Å². The largest absolute Gasteiger partial charge is 0.433 e. The maximum atomic E-state index is 12.7. The van der Waals surface area contributed by atoms with Gasteiger partial charge in [-0.2, -0.15) is 18.3 Å². The Kier molecular flexibility index (Phi) is 4.98. The number of H-pyrrole nitrogens is 1. The van der Waals surface area contributed by atoms with Crippen molar-refractivity contribution in [1.29, 1.82) is 0 Å². The van der Waals surface area contributed by atoms with Gasteiger partial charge in [0, 0.05) is 15.7 Å². The molecular formula is C15H16F3N2S. The summed E-state index contributed by atoms with van der Waals surface area (Å²) in [6.45, 7) is 4.21. The molecule has 1 aromatic carbocycles. The second-order valence-electron chi connectivity index (χ2n) is 5.00. The van der Waals surface area contributed by atoms with E-state index in [1.54, 1.807) is 11.8 Å². The Morgan fingerprint density at radius 2 is 2.05 bits per heavy atom. The van der Waals surface area contributed by atoms with Crippen molar-refractivity contribution in [2.24, 2.45) is 0 Å². The van der Waals surface area contributed by atoms with Crippen molar-refractivity contribution < 1.29 is 13.2 Å². The summed E-state index contributed by atoms with van der Waals surface area (Å²) in [4.78, 5) is 1.13. The van der Waals surface area contributed by atoms with E-state index in [4.69, 9.17) is 0 Å². The Balaban J connectivity index is 2.05. The van der Waals surface area contributed by atoms with Crippen molar-refractivity contribution in [3.8, 4) is 0 Å². The number of nitrogens with zero attached hydrogens (tertiary/aromatic N) is 1. The number of hydrogen-bond acceptors (Lipinski definition) is 2. The number of hydrogen-bond donors (Lipinski definition) is 1. The topological polar surface area (TPSA) is 28.7 Å². The van der Waals surface area contributed by atoms with E-state index in [1.807, 2.05) is 29.4 Å². The minimum atomic E-state index is -4.41. The Hall–Kier alpha value is -1.43. The second kappa shape index (κ2) is 6.56. The molecule has 0 aliphatic carbocycles. The average molecular weight is 313 g/mol. The molecule has 0 spiro atoms. The summed E-state index contributed by atoms with van der Waals surface area (Å²) in [7, 11) is 0. The highest BCUT2D eigenvalue weighted by Crippen LogP contribution is 2.30. The molecule has 113 valence electrons.